The minimum absolute atomic E-state index is 0.0189. The molecule has 4 aliphatic rings. The molecule has 218 valence electrons. The van der Waals surface area contributed by atoms with E-state index in [0.717, 1.165) is 38.0 Å². The zero-order valence-electron chi connectivity index (χ0n) is 23.0. The third-order valence-corrected chi connectivity index (χ3v) is 8.95. The van der Waals surface area contributed by atoms with Crippen LogP contribution < -0.4 is 15.4 Å². The number of allylic oxidation sites excluding steroid dienone is 1. The number of halogens is 1. The number of methoxy groups -OCH3 is 1. The Morgan fingerprint density at radius 1 is 1.12 bits per heavy atom. The van der Waals surface area contributed by atoms with Gasteiger partial charge in [0.1, 0.15) is 10.8 Å². The Morgan fingerprint density at radius 2 is 1.85 bits per heavy atom. The molecule has 0 spiro atoms. The van der Waals surface area contributed by atoms with Gasteiger partial charge in [0.2, 0.25) is 11.9 Å². The number of nitrogens with zero attached hydrogens (tertiary/aromatic N) is 4. The number of ether oxygens (including phenoxy) is 2. The van der Waals surface area contributed by atoms with Gasteiger partial charge in [0.05, 0.1) is 44.7 Å². The summed E-state index contributed by atoms with van der Waals surface area (Å²) in [5.74, 6) is 0.339. The summed E-state index contributed by atoms with van der Waals surface area (Å²) in [6, 6.07) is 3.81. The van der Waals surface area contributed by atoms with Gasteiger partial charge in [-0.2, -0.15) is 4.98 Å². The molecule has 0 radical (unpaired) electrons. The van der Waals surface area contributed by atoms with Crippen LogP contribution in [0.15, 0.2) is 30.5 Å². The van der Waals surface area contributed by atoms with E-state index in [2.05, 4.69) is 37.6 Å². The van der Waals surface area contributed by atoms with Crippen LogP contribution in [0.2, 0.25) is 5.02 Å². The van der Waals surface area contributed by atoms with Crippen molar-refractivity contribution >= 4 is 40.9 Å². The van der Waals surface area contributed by atoms with Crippen molar-refractivity contribution in [2.75, 3.05) is 63.7 Å². The van der Waals surface area contributed by atoms with Gasteiger partial charge in [0, 0.05) is 32.2 Å². The van der Waals surface area contributed by atoms with Crippen LogP contribution in [0.3, 0.4) is 0 Å². The van der Waals surface area contributed by atoms with Crippen molar-refractivity contribution in [2.45, 2.75) is 25.3 Å². The average molecular weight is 583 g/mol. The lowest BCUT2D eigenvalue weighted by Gasteiger charge is -2.29. The Hall–Kier alpha value is -3.41. The molecule has 6 rings (SSSR count). The largest absolute Gasteiger partial charge is 0.495 e. The Balaban J connectivity index is 1.16. The Bertz CT molecular complexity index is 1350. The molecule has 0 unspecified atom stereocenters. The number of nitrogens with one attached hydrogen (secondary N) is 2. The van der Waals surface area contributed by atoms with E-state index >= 15 is 0 Å². The molecule has 2 fully saturated rings. The molecule has 1 aromatic heterocycles. The summed E-state index contributed by atoms with van der Waals surface area (Å²) in [5.41, 5.74) is 3.10. The smallest absolute Gasteiger partial charge is 0.309 e. The first-order valence-corrected chi connectivity index (χ1v) is 14.5. The number of rotatable bonds is 8. The molecule has 12 heteroatoms. The molecule has 1 saturated heterocycles. The summed E-state index contributed by atoms with van der Waals surface area (Å²) < 4.78 is 11.1. The number of carboxylic acid groups (broad SMARTS) is 1. The fourth-order valence-corrected chi connectivity index (χ4v) is 6.64. The van der Waals surface area contributed by atoms with Crippen molar-refractivity contribution in [1.29, 1.82) is 0 Å². The number of hydrogen-bond acceptors (Lipinski definition) is 9. The van der Waals surface area contributed by atoms with Crippen LogP contribution in [0.25, 0.3) is 0 Å². The summed E-state index contributed by atoms with van der Waals surface area (Å²) in [6.45, 7) is 4.50. The summed E-state index contributed by atoms with van der Waals surface area (Å²) >= 11 is 6.43. The van der Waals surface area contributed by atoms with Crippen molar-refractivity contribution in [3.8, 4) is 5.75 Å². The number of benzene rings is 1. The summed E-state index contributed by atoms with van der Waals surface area (Å²) in [7, 11) is 1.63. The standard InChI is InChI=1S/C29H35ClN6O5/c1-40-23-14-18-5-7-35(16-24(37)36-8-10-41-11-9-36)6-4-17(18)13-22(23)32-29-31-15-21(30)27(34-29)33-26-20-3-2-19(12-20)25(26)28(38)39/h2-3,13-15,19-20,25-26H,4-12,16H2,1H3,(H,38,39)(H2,31,32,33,34)/t19-,20+,25+,26-/m1/s1. The van der Waals surface area contributed by atoms with Gasteiger partial charge in [-0.3, -0.25) is 14.5 Å². The number of carbonyl (C=O) groups excluding carboxylic acids is 1. The molecule has 1 saturated carbocycles. The summed E-state index contributed by atoms with van der Waals surface area (Å²) in [5, 5.41) is 16.7. The Labute approximate surface area is 243 Å². The lowest BCUT2D eigenvalue weighted by atomic mass is 9.89. The van der Waals surface area contributed by atoms with E-state index in [1.807, 2.05) is 17.0 Å². The second-order valence-electron chi connectivity index (χ2n) is 11.1. The molecule has 3 heterocycles. The van der Waals surface area contributed by atoms with Crippen molar-refractivity contribution in [1.82, 2.24) is 19.8 Å². The van der Waals surface area contributed by atoms with E-state index in [1.165, 1.54) is 17.3 Å². The number of amides is 1. The number of carboxylic acids is 1. The average Bonchev–Trinajstić information content (AvgIpc) is 3.53. The highest BCUT2D eigenvalue weighted by molar-refractivity contribution is 6.32. The highest BCUT2D eigenvalue weighted by Crippen LogP contribution is 2.45. The second-order valence-corrected chi connectivity index (χ2v) is 11.5. The fourth-order valence-electron chi connectivity index (χ4n) is 6.49. The predicted molar refractivity (Wildman–Crippen MR) is 154 cm³/mol. The normalized spacial score (nSPS) is 25.5. The number of hydrogen-bond donors (Lipinski definition) is 3. The lowest BCUT2D eigenvalue weighted by molar-refractivity contribution is -0.142. The molecule has 3 N–H and O–H groups in total. The minimum Gasteiger partial charge on any atom is -0.495 e. The van der Waals surface area contributed by atoms with Crippen molar-refractivity contribution < 1.29 is 24.2 Å². The molecule has 41 heavy (non-hydrogen) atoms. The SMILES string of the molecule is COc1cc2c(cc1Nc1ncc(Cl)c(N[C@H]3[C@@H](C(=O)O)[C@@H]4C=C[C@H]3C4)n1)CCN(CC(=O)N1CCOCC1)CC2. The molecule has 2 aromatic rings. The minimum atomic E-state index is -0.818. The lowest BCUT2D eigenvalue weighted by Crippen LogP contribution is -2.46. The van der Waals surface area contributed by atoms with Crippen LogP contribution in [0, 0.1) is 17.8 Å². The van der Waals surface area contributed by atoms with Crippen molar-refractivity contribution in [3.63, 3.8) is 0 Å². The first-order chi connectivity index (χ1) is 19.9. The number of morpholine rings is 1. The van der Waals surface area contributed by atoms with Crippen molar-refractivity contribution in [2.24, 2.45) is 17.8 Å². The zero-order valence-corrected chi connectivity index (χ0v) is 23.8. The predicted octanol–water partition coefficient (Wildman–Crippen LogP) is 2.83. The maximum Gasteiger partial charge on any atom is 0.309 e. The van der Waals surface area contributed by atoms with E-state index in [9.17, 15) is 14.7 Å². The molecule has 2 aliphatic carbocycles. The molecule has 2 aliphatic heterocycles. The maximum absolute atomic E-state index is 12.8. The molecular formula is C29H35ClN6O5. The monoisotopic (exact) mass is 582 g/mol. The van der Waals surface area contributed by atoms with E-state index in [1.54, 1.807) is 7.11 Å². The molecule has 1 amide bonds. The molecule has 1 aromatic carbocycles. The first kappa shape index (κ1) is 27.7. The van der Waals surface area contributed by atoms with E-state index in [0.29, 0.717) is 55.4 Å². The first-order valence-electron chi connectivity index (χ1n) is 14.1. The van der Waals surface area contributed by atoms with E-state index < -0.39 is 11.9 Å². The molecule has 11 nitrogen and oxygen atoms in total. The Morgan fingerprint density at radius 3 is 2.59 bits per heavy atom. The third kappa shape index (κ3) is 5.84. The van der Waals surface area contributed by atoms with Crippen molar-refractivity contribution in [3.05, 3.63) is 46.6 Å². The van der Waals surface area contributed by atoms with Crippen LogP contribution in [-0.2, 0) is 27.2 Å². The van der Waals surface area contributed by atoms with E-state index in [4.69, 9.17) is 21.1 Å². The van der Waals surface area contributed by atoms with Gasteiger partial charge in [0.15, 0.2) is 5.82 Å². The number of fused-ring (bicyclic) bond motifs is 3. The second kappa shape index (κ2) is 11.8. The quantitative estimate of drug-likeness (QED) is 0.400. The van der Waals surface area contributed by atoms with Gasteiger partial charge in [-0.15, -0.1) is 0 Å². The van der Waals surface area contributed by atoms with Crippen LogP contribution in [0.5, 0.6) is 5.75 Å². The van der Waals surface area contributed by atoms with E-state index in [-0.39, 0.29) is 23.8 Å². The number of aliphatic carboxylic acids is 1. The number of carbonyl (C=O) groups is 2. The van der Waals surface area contributed by atoms with Gasteiger partial charge >= 0.3 is 5.97 Å². The summed E-state index contributed by atoms with van der Waals surface area (Å²) in [6.07, 6.45) is 8.02. The highest BCUT2D eigenvalue weighted by atomic mass is 35.5. The summed E-state index contributed by atoms with van der Waals surface area (Å²) in [4.78, 5) is 37.8. The van der Waals surface area contributed by atoms with Crippen LogP contribution in [0.1, 0.15) is 17.5 Å². The van der Waals surface area contributed by atoms with Gasteiger partial charge in [-0.25, -0.2) is 4.98 Å². The molecular weight excluding hydrogens is 548 g/mol. The van der Waals surface area contributed by atoms with Crippen LogP contribution in [-0.4, -0.2) is 95.8 Å². The van der Waals surface area contributed by atoms with Gasteiger partial charge < -0.3 is 30.1 Å². The number of aromatic nitrogens is 2. The van der Waals surface area contributed by atoms with Gasteiger partial charge in [-0.1, -0.05) is 23.8 Å². The molecule has 4 atom stereocenters. The zero-order chi connectivity index (χ0) is 28.5. The third-order valence-electron chi connectivity index (χ3n) is 8.68. The fraction of sp³-hybridized carbons (Fsp3) is 0.517. The Kier molecular flexibility index (Phi) is 8.01. The van der Waals surface area contributed by atoms with Gasteiger partial charge in [-0.05, 0) is 54.4 Å². The van der Waals surface area contributed by atoms with Crippen LogP contribution >= 0.6 is 11.6 Å². The highest BCUT2D eigenvalue weighted by Gasteiger charge is 2.48. The maximum atomic E-state index is 12.8. The molecule has 2 bridgehead atoms. The van der Waals surface area contributed by atoms with Gasteiger partial charge in [0.25, 0.3) is 0 Å². The number of anilines is 3. The van der Waals surface area contributed by atoms with Crippen LogP contribution in [0.4, 0.5) is 17.5 Å². The topological polar surface area (TPSA) is 129 Å².